The molecular weight excluding hydrogens is 662 g/mol. The average Bonchev–Trinajstić information content (AvgIpc) is 3.00. The van der Waals surface area contributed by atoms with Crippen LogP contribution >= 0.6 is 0 Å². The topological polar surface area (TPSA) is 249 Å². The first kappa shape index (κ1) is 46.2. The van der Waals surface area contributed by atoms with E-state index < -0.39 is 87.0 Å². The van der Waals surface area contributed by atoms with Crippen molar-refractivity contribution in [2.75, 3.05) is 65.6 Å². The van der Waals surface area contributed by atoms with Crippen LogP contribution in [0.2, 0.25) is 0 Å². The second kappa shape index (κ2) is 29.0. The maximum Gasteiger partial charge on any atom is 0.317 e. The average molecular weight is 720 g/mol. The van der Waals surface area contributed by atoms with E-state index in [-0.39, 0.29) is 39.3 Å². The summed E-state index contributed by atoms with van der Waals surface area (Å²) in [6.07, 6.45) is 13.2. The number of carboxylic acid groups (broad SMARTS) is 5. The number of ether oxygens (including phenoxy) is 2. The monoisotopic (exact) mass is 719 g/mol. The van der Waals surface area contributed by atoms with Crippen LogP contribution in [0.4, 0.5) is 0 Å². The molecule has 0 saturated carbocycles. The molecule has 1 atom stereocenters. The van der Waals surface area contributed by atoms with E-state index in [4.69, 9.17) is 19.7 Å². The molecule has 17 heteroatoms. The van der Waals surface area contributed by atoms with Gasteiger partial charge in [0.05, 0.1) is 52.2 Å². The van der Waals surface area contributed by atoms with Gasteiger partial charge in [-0.05, 0) is 6.42 Å². The summed E-state index contributed by atoms with van der Waals surface area (Å²) in [6, 6.07) is -1.20. The summed E-state index contributed by atoms with van der Waals surface area (Å²) in [5.41, 5.74) is 0. The van der Waals surface area contributed by atoms with Crippen molar-refractivity contribution in [1.29, 1.82) is 0 Å². The number of carboxylic acids is 5. The van der Waals surface area contributed by atoms with Gasteiger partial charge in [0.15, 0.2) is 0 Å². The highest BCUT2D eigenvalue weighted by Crippen LogP contribution is 2.13. The molecule has 0 aliphatic heterocycles. The van der Waals surface area contributed by atoms with Gasteiger partial charge in [0.2, 0.25) is 0 Å². The lowest BCUT2D eigenvalue weighted by molar-refractivity contribution is -0.153. The number of hydrogen-bond acceptors (Lipinski definition) is 12. The maximum atomic E-state index is 12.7. The summed E-state index contributed by atoms with van der Waals surface area (Å²) in [5.74, 6) is -8.29. The van der Waals surface area contributed by atoms with Crippen molar-refractivity contribution < 1.29 is 68.6 Å². The van der Waals surface area contributed by atoms with E-state index in [9.17, 15) is 48.9 Å². The molecule has 0 heterocycles. The third kappa shape index (κ3) is 28.1. The van der Waals surface area contributed by atoms with E-state index in [0.29, 0.717) is 6.42 Å². The highest BCUT2D eigenvalue weighted by molar-refractivity contribution is 5.75. The minimum absolute atomic E-state index is 0.211. The predicted molar refractivity (Wildman–Crippen MR) is 179 cm³/mol. The van der Waals surface area contributed by atoms with Crippen molar-refractivity contribution in [2.45, 2.75) is 103 Å². The highest BCUT2D eigenvalue weighted by atomic mass is 16.5. The zero-order chi connectivity index (χ0) is 37.7. The lowest BCUT2D eigenvalue weighted by Crippen LogP contribution is -2.51. The molecule has 0 aliphatic carbocycles. The standard InChI is InChI=1S/C33H57N3O14/c1-2-3-4-5-6-7-8-9-10-11-12-13-17-49-32(47)14-18-50-33(48)19-26(36(24-30(43)44)25-31(45)46)20-34(21-27(37)38)15-16-35(22-28(39)40)23-29(41)42/h26H,2-25H2,1H3,(H,37,38)(H,39,40)(H,41,42)(H,43,44)(H,45,46). The lowest BCUT2D eigenvalue weighted by atomic mass is 10.1. The van der Waals surface area contributed by atoms with Gasteiger partial charge < -0.3 is 35.0 Å². The van der Waals surface area contributed by atoms with E-state index in [0.717, 1.165) is 29.1 Å². The van der Waals surface area contributed by atoms with Gasteiger partial charge in [-0.25, -0.2) is 0 Å². The van der Waals surface area contributed by atoms with Crippen molar-refractivity contribution in [3.05, 3.63) is 0 Å². The third-order valence-electron chi connectivity index (χ3n) is 7.70. The van der Waals surface area contributed by atoms with Gasteiger partial charge in [-0.1, -0.05) is 77.6 Å². The zero-order valence-corrected chi connectivity index (χ0v) is 29.3. The summed E-state index contributed by atoms with van der Waals surface area (Å²) in [6.45, 7) is -2.32. The van der Waals surface area contributed by atoms with Crippen molar-refractivity contribution in [3.63, 3.8) is 0 Å². The van der Waals surface area contributed by atoms with Crippen LogP contribution in [0.1, 0.15) is 96.8 Å². The number of rotatable bonds is 34. The van der Waals surface area contributed by atoms with Crippen LogP contribution in [0.5, 0.6) is 0 Å². The zero-order valence-electron chi connectivity index (χ0n) is 29.3. The number of esters is 2. The van der Waals surface area contributed by atoms with E-state index in [1.165, 1.54) is 56.3 Å². The van der Waals surface area contributed by atoms with E-state index in [1.54, 1.807) is 0 Å². The minimum Gasteiger partial charge on any atom is -0.480 e. The fourth-order valence-electron chi connectivity index (χ4n) is 5.28. The molecule has 0 spiro atoms. The van der Waals surface area contributed by atoms with Crippen LogP contribution in [0.15, 0.2) is 0 Å². The molecular formula is C33H57N3O14. The number of unbranched alkanes of at least 4 members (excludes halogenated alkanes) is 11. The Labute approximate surface area is 293 Å². The van der Waals surface area contributed by atoms with Gasteiger partial charge in [0.25, 0.3) is 0 Å². The molecule has 50 heavy (non-hydrogen) atoms. The van der Waals surface area contributed by atoms with Gasteiger partial charge in [0.1, 0.15) is 6.61 Å². The molecule has 288 valence electrons. The summed E-state index contributed by atoms with van der Waals surface area (Å²) < 4.78 is 10.3. The number of aliphatic carboxylic acids is 5. The Hall–Kier alpha value is -3.83. The van der Waals surface area contributed by atoms with Gasteiger partial charge in [-0.2, -0.15) is 0 Å². The largest absolute Gasteiger partial charge is 0.480 e. The Morgan fingerprint density at radius 3 is 1.36 bits per heavy atom. The smallest absolute Gasteiger partial charge is 0.317 e. The first-order chi connectivity index (χ1) is 23.7. The van der Waals surface area contributed by atoms with Crippen molar-refractivity contribution in [3.8, 4) is 0 Å². The number of carbonyl (C=O) groups excluding carboxylic acids is 2. The summed E-state index contributed by atoms with van der Waals surface area (Å²) in [4.78, 5) is 85.0. The van der Waals surface area contributed by atoms with Gasteiger partial charge in [-0.3, -0.25) is 48.3 Å². The van der Waals surface area contributed by atoms with Crippen LogP contribution in [0, 0.1) is 0 Å². The van der Waals surface area contributed by atoms with Gasteiger partial charge in [0, 0.05) is 25.7 Å². The molecule has 0 fully saturated rings. The fraction of sp³-hybridized carbons (Fsp3) is 0.788. The van der Waals surface area contributed by atoms with Crippen molar-refractivity contribution in [1.82, 2.24) is 14.7 Å². The van der Waals surface area contributed by atoms with Crippen LogP contribution in [0.3, 0.4) is 0 Å². The molecule has 0 rings (SSSR count). The molecule has 0 saturated heterocycles. The van der Waals surface area contributed by atoms with Gasteiger partial charge >= 0.3 is 41.8 Å². The molecule has 0 aromatic carbocycles. The normalized spacial score (nSPS) is 11.8. The second-order valence-corrected chi connectivity index (χ2v) is 12.3. The van der Waals surface area contributed by atoms with Crippen LogP contribution in [-0.2, 0) is 43.0 Å². The van der Waals surface area contributed by atoms with Crippen LogP contribution in [0.25, 0.3) is 0 Å². The number of nitrogens with zero attached hydrogens (tertiary/aromatic N) is 3. The second-order valence-electron chi connectivity index (χ2n) is 12.3. The highest BCUT2D eigenvalue weighted by Gasteiger charge is 2.29. The number of hydrogen-bond donors (Lipinski definition) is 5. The first-order valence-electron chi connectivity index (χ1n) is 17.3. The Bertz CT molecular complexity index is 1010. The first-order valence-corrected chi connectivity index (χ1v) is 17.3. The summed E-state index contributed by atoms with van der Waals surface area (Å²) in [5, 5.41) is 46.3. The maximum absolute atomic E-state index is 12.7. The van der Waals surface area contributed by atoms with Gasteiger partial charge in [-0.15, -0.1) is 0 Å². The lowest BCUT2D eigenvalue weighted by Gasteiger charge is -2.33. The Kier molecular flexibility index (Phi) is 26.7. The molecule has 1 unspecified atom stereocenters. The van der Waals surface area contributed by atoms with E-state index >= 15 is 0 Å². The molecule has 0 bridgehead atoms. The summed E-state index contributed by atoms with van der Waals surface area (Å²) in [7, 11) is 0. The fourth-order valence-corrected chi connectivity index (χ4v) is 5.28. The molecule has 5 N–H and O–H groups in total. The SMILES string of the molecule is CCCCCCCCCCCCCCOC(=O)CCOC(=O)CC(CN(CCN(CC(=O)O)CC(=O)O)CC(=O)O)N(CC(=O)O)CC(=O)O. The predicted octanol–water partition coefficient (Wildman–Crippen LogP) is 2.25. The van der Waals surface area contributed by atoms with Crippen molar-refractivity contribution >= 4 is 41.8 Å². The Morgan fingerprint density at radius 1 is 0.500 bits per heavy atom. The molecule has 0 amide bonds. The third-order valence-corrected chi connectivity index (χ3v) is 7.70. The molecule has 0 aliphatic rings. The van der Waals surface area contributed by atoms with Crippen LogP contribution in [-0.4, -0.2) is 154 Å². The summed E-state index contributed by atoms with van der Waals surface area (Å²) >= 11 is 0. The Morgan fingerprint density at radius 2 is 0.900 bits per heavy atom. The van der Waals surface area contributed by atoms with Crippen LogP contribution < -0.4 is 0 Å². The molecule has 0 aromatic heterocycles. The quantitative estimate of drug-likeness (QED) is 0.0472. The minimum atomic E-state index is -1.42. The number of carbonyl (C=O) groups is 7. The van der Waals surface area contributed by atoms with E-state index in [1.807, 2.05) is 0 Å². The molecule has 0 aromatic rings. The Balaban J connectivity index is 4.99. The van der Waals surface area contributed by atoms with Crippen molar-refractivity contribution in [2.24, 2.45) is 0 Å². The van der Waals surface area contributed by atoms with E-state index in [2.05, 4.69) is 6.92 Å². The molecule has 0 radical (unpaired) electrons. The molecule has 17 nitrogen and oxygen atoms in total.